The van der Waals surface area contributed by atoms with Crippen molar-refractivity contribution in [3.8, 4) is 0 Å². The summed E-state index contributed by atoms with van der Waals surface area (Å²) in [6, 6.07) is 0.363. The molecular formula is C15H29N5. The highest BCUT2D eigenvalue weighted by molar-refractivity contribution is 5.56. The monoisotopic (exact) mass is 279 g/mol. The Hall–Kier alpha value is -1.36. The van der Waals surface area contributed by atoms with E-state index in [-0.39, 0.29) is 0 Å². The average molecular weight is 279 g/mol. The molecule has 114 valence electrons. The number of nitrogens with one attached hydrogen (secondary N) is 2. The molecule has 2 N–H and O–H groups in total. The van der Waals surface area contributed by atoms with Crippen molar-refractivity contribution in [2.45, 2.75) is 47.1 Å². The number of aromatic nitrogens is 2. The van der Waals surface area contributed by atoms with Gasteiger partial charge in [-0.15, -0.1) is 0 Å². The van der Waals surface area contributed by atoms with E-state index in [2.05, 4.69) is 60.1 Å². The Kier molecular flexibility index (Phi) is 7.30. The maximum atomic E-state index is 4.37. The van der Waals surface area contributed by atoms with Crippen LogP contribution < -0.4 is 10.6 Å². The molecule has 0 spiro atoms. The van der Waals surface area contributed by atoms with Crippen LogP contribution in [0.2, 0.25) is 0 Å². The Morgan fingerprint density at radius 1 is 1.15 bits per heavy atom. The van der Waals surface area contributed by atoms with Crippen molar-refractivity contribution in [3.05, 3.63) is 11.9 Å². The number of nitrogens with zero attached hydrogens (tertiary/aromatic N) is 3. The van der Waals surface area contributed by atoms with Crippen LogP contribution in [0.5, 0.6) is 0 Å². The SMILES string of the molecule is CCCNc1ncnc(NC(C)CN(CC)CC)c1C. The van der Waals surface area contributed by atoms with E-state index < -0.39 is 0 Å². The quantitative estimate of drug-likeness (QED) is 0.728. The summed E-state index contributed by atoms with van der Waals surface area (Å²) in [5.41, 5.74) is 1.09. The Morgan fingerprint density at radius 2 is 1.80 bits per heavy atom. The van der Waals surface area contributed by atoms with E-state index in [4.69, 9.17) is 0 Å². The van der Waals surface area contributed by atoms with Crippen LogP contribution >= 0.6 is 0 Å². The van der Waals surface area contributed by atoms with Crippen molar-refractivity contribution in [2.24, 2.45) is 0 Å². The van der Waals surface area contributed by atoms with Crippen LogP contribution in [0.3, 0.4) is 0 Å². The van der Waals surface area contributed by atoms with Crippen molar-refractivity contribution in [3.63, 3.8) is 0 Å². The molecule has 0 aromatic carbocycles. The van der Waals surface area contributed by atoms with Gasteiger partial charge in [-0.25, -0.2) is 9.97 Å². The summed E-state index contributed by atoms with van der Waals surface area (Å²) < 4.78 is 0. The van der Waals surface area contributed by atoms with Crippen molar-refractivity contribution in [1.82, 2.24) is 14.9 Å². The van der Waals surface area contributed by atoms with Crippen LogP contribution in [0.15, 0.2) is 6.33 Å². The molecule has 5 nitrogen and oxygen atoms in total. The molecular weight excluding hydrogens is 250 g/mol. The van der Waals surface area contributed by atoms with Gasteiger partial charge in [-0.2, -0.15) is 0 Å². The Labute approximate surface area is 123 Å². The van der Waals surface area contributed by atoms with E-state index in [0.717, 1.165) is 49.8 Å². The molecule has 0 aliphatic rings. The maximum Gasteiger partial charge on any atom is 0.134 e. The molecule has 0 amide bonds. The predicted octanol–water partition coefficient (Wildman–Crippen LogP) is 2.75. The average Bonchev–Trinajstić information content (AvgIpc) is 2.45. The molecule has 0 aliphatic carbocycles. The first-order valence-corrected chi connectivity index (χ1v) is 7.66. The highest BCUT2D eigenvalue weighted by atomic mass is 15.2. The topological polar surface area (TPSA) is 53.1 Å². The molecule has 20 heavy (non-hydrogen) atoms. The van der Waals surface area contributed by atoms with Gasteiger partial charge in [-0.05, 0) is 33.4 Å². The lowest BCUT2D eigenvalue weighted by Crippen LogP contribution is -2.35. The Morgan fingerprint density at radius 3 is 2.40 bits per heavy atom. The minimum absolute atomic E-state index is 0.363. The van der Waals surface area contributed by atoms with Crippen LogP contribution in [0.1, 0.15) is 39.7 Å². The molecule has 1 rings (SSSR count). The second-order valence-corrected chi connectivity index (χ2v) is 5.15. The van der Waals surface area contributed by atoms with E-state index in [9.17, 15) is 0 Å². The first-order chi connectivity index (χ1) is 9.62. The molecule has 0 bridgehead atoms. The van der Waals surface area contributed by atoms with Crippen molar-refractivity contribution in [1.29, 1.82) is 0 Å². The zero-order valence-corrected chi connectivity index (χ0v) is 13.5. The molecule has 1 unspecified atom stereocenters. The molecule has 0 fully saturated rings. The minimum Gasteiger partial charge on any atom is -0.370 e. The Balaban J connectivity index is 2.67. The summed E-state index contributed by atoms with van der Waals surface area (Å²) >= 11 is 0. The van der Waals surface area contributed by atoms with Crippen molar-refractivity contribution >= 4 is 11.6 Å². The van der Waals surface area contributed by atoms with Crippen molar-refractivity contribution < 1.29 is 0 Å². The first-order valence-electron chi connectivity index (χ1n) is 7.66. The number of hydrogen-bond donors (Lipinski definition) is 2. The molecule has 1 atom stereocenters. The van der Waals surface area contributed by atoms with Gasteiger partial charge in [0.2, 0.25) is 0 Å². The Bertz CT molecular complexity index is 390. The third-order valence-electron chi connectivity index (χ3n) is 3.44. The summed E-state index contributed by atoms with van der Waals surface area (Å²) in [5.74, 6) is 1.86. The zero-order chi connectivity index (χ0) is 15.0. The number of anilines is 2. The lowest BCUT2D eigenvalue weighted by atomic mass is 10.2. The lowest BCUT2D eigenvalue weighted by Gasteiger charge is -2.24. The van der Waals surface area contributed by atoms with E-state index in [1.807, 2.05) is 0 Å². The largest absolute Gasteiger partial charge is 0.370 e. The van der Waals surface area contributed by atoms with E-state index in [1.165, 1.54) is 0 Å². The molecule has 0 aliphatic heterocycles. The van der Waals surface area contributed by atoms with Crippen LogP contribution in [0, 0.1) is 6.92 Å². The van der Waals surface area contributed by atoms with Gasteiger partial charge >= 0.3 is 0 Å². The standard InChI is InChI=1S/C15H29N5/c1-6-9-16-14-13(5)15(18-11-17-14)19-12(4)10-20(7-2)8-3/h11-12H,6-10H2,1-5H3,(H2,16,17,18,19). The maximum absolute atomic E-state index is 4.37. The van der Waals surface area contributed by atoms with Gasteiger partial charge in [0.25, 0.3) is 0 Å². The number of hydrogen-bond acceptors (Lipinski definition) is 5. The van der Waals surface area contributed by atoms with Crippen LogP contribution in [0.4, 0.5) is 11.6 Å². The fourth-order valence-corrected chi connectivity index (χ4v) is 2.17. The van der Waals surface area contributed by atoms with Gasteiger partial charge in [-0.3, -0.25) is 0 Å². The third-order valence-corrected chi connectivity index (χ3v) is 3.44. The second-order valence-electron chi connectivity index (χ2n) is 5.15. The highest BCUT2D eigenvalue weighted by Crippen LogP contribution is 2.18. The molecule has 5 heteroatoms. The predicted molar refractivity (Wildman–Crippen MR) is 86.4 cm³/mol. The fourth-order valence-electron chi connectivity index (χ4n) is 2.17. The summed E-state index contributed by atoms with van der Waals surface area (Å²) in [6.07, 6.45) is 2.71. The van der Waals surface area contributed by atoms with Gasteiger partial charge in [0, 0.05) is 24.7 Å². The van der Waals surface area contributed by atoms with Gasteiger partial charge in [-0.1, -0.05) is 20.8 Å². The summed E-state index contributed by atoms with van der Waals surface area (Å²) in [7, 11) is 0. The number of rotatable bonds is 9. The summed E-state index contributed by atoms with van der Waals surface area (Å²) in [4.78, 5) is 11.1. The fraction of sp³-hybridized carbons (Fsp3) is 0.733. The normalized spacial score (nSPS) is 12.5. The first kappa shape index (κ1) is 16.7. The van der Waals surface area contributed by atoms with E-state index in [0.29, 0.717) is 6.04 Å². The molecule has 1 aromatic rings. The molecule has 0 radical (unpaired) electrons. The third kappa shape index (κ3) is 4.96. The molecule has 1 heterocycles. The zero-order valence-electron chi connectivity index (χ0n) is 13.5. The van der Waals surface area contributed by atoms with Gasteiger partial charge in [0.15, 0.2) is 0 Å². The van der Waals surface area contributed by atoms with Crippen molar-refractivity contribution in [2.75, 3.05) is 36.8 Å². The van der Waals surface area contributed by atoms with Gasteiger partial charge in [0.1, 0.15) is 18.0 Å². The van der Waals surface area contributed by atoms with E-state index in [1.54, 1.807) is 6.33 Å². The smallest absolute Gasteiger partial charge is 0.134 e. The van der Waals surface area contributed by atoms with Gasteiger partial charge < -0.3 is 15.5 Å². The van der Waals surface area contributed by atoms with Gasteiger partial charge in [0.05, 0.1) is 0 Å². The van der Waals surface area contributed by atoms with Crippen LogP contribution in [-0.4, -0.2) is 47.1 Å². The summed E-state index contributed by atoms with van der Waals surface area (Å²) in [5, 5.41) is 6.83. The molecule has 0 saturated heterocycles. The molecule has 1 aromatic heterocycles. The van der Waals surface area contributed by atoms with Crippen LogP contribution in [-0.2, 0) is 0 Å². The number of likely N-dealkylation sites (N-methyl/N-ethyl adjacent to an activating group) is 1. The van der Waals surface area contributed by atoms with Crippen LogP contribution in [0.25, 0.3) is 0 Å². The molecule has 0 saturated carbocycles. The lowest BCUT2D eigenvalue weighted by molar-refractivity contribution is 0.294. The van der Waals surface area contributed by atoms with E-state index >= 15 is 0 Å². The highest BCUT2D eigenvalue weighted by Gasteiger charge is 2.11. The second kappa shape index (κ2) is 8.74. The minimum atomic E-state index is 0.363. The summed E-state index contributed by atoms with van der Waals surface area (Å²) in [6.45, 7) is 14.9.